The topological polar surface area (TPSA) is 94.1 Å². The molecule has 0 saturated carbocycles. The van der Waals surface area contributed by atoms with Gasteiger partial charge in [0.25, 0.3) is 5.91 Å². The van der Waals surface area contributed by atoms with Gasteiger partial charge in [-0.2, -0.15) is 0 Å². The predicted octanol–water partition coefficient (Wildman–Crippen LogP) is 1.57. The van der Waals surface area contributed by atoms with E-state index in [-0.39, 0.29) is 17.7 Å². The van der Waals surface area contributed by atoms with Gasteiger partial charge in [-0.15, -0.1) is 5.10 Å². The lowest BCUT2D eigenvalue weighted by Crippen LogP contribution is -2.42. The Bertz CT molecular complexity index is 763. The van der Waals surface area contributed by atoms with Crippen LogP contribution in [0.25, 0.3) is 5.69 Å². The molecular formula is C16H18ClN5O2. The molecule has 0 bridgehead atoms. The maximum Gasteiger partial charge on any atom is 0.276 e. The van der Waals surface area contributed by atoms with E-state index in [9.17, 15) is 9.59 Å². The second kappa shape index (κ2) is 6.60. The third kappa shape index (κ3) is 3.12. The van der Waals surface area contributed by atoms with Gasteiger partial charge < -0.3 is 10.6 Å². The molecule has 1 aromatic carbocycles. The minimum Gasteiger partial charge on any atom is -0.369 e. The molecule has 2 aromatic rings. The number of carbonyl (C=O) groups excluding carboxylic acids is 2. The van der Waals surface area contributed by atoms with Gasteiger partial charge in [-0.25, -0.2) is 4.68 Å². The first-order valence-electron chi connectivity index (χ1n) is 7.74. The number of primary amides is 1. The number of nitrogens with zero attached hydrogens (tertiary/aromatic N) is 4. The molecule has 1 fully saturated rings. The van der Waals surface area contributed by atoms with Crippen LogP contribution in [0, 0.1) is 12.8 Å². The number of rotatable bonds is 3. The summed E-state index contributed by atoms with van der Waals surface area (Å²) in [5.74, 6) is -0.623. The Morgan fingerprint density at radius 1 is 1.21 bits per heavy atom. The molecule has 3 rings (SSSR count). The smallest absolute Gasteiger partial charge is 0.276 e. The maximum absolute atomic E-state index is 12.7. The average molecular weight is 348 g/mol. The monoisotopic (exact) mass is 347 g/mol. The third-order valence-electron chi connectivity index (χ3n) is 4.35. The van der Waals surface area contributed by atoms with E-state index < -0.39 is 0 Å². The fourth-order valence-corrected chi connectivity index (χ4v) is 3.00. The van der Waals surface area contributed by atoms with Crippen molar-refractivity contribution in [2.75, 3.05) is 13.1 Å². The highest BCUT2D eigenvalue weighted by molar-refractivity contribution is 6.30. The van der Waals surface area contributed by atoms with Gasteiger partial charge in [0.15, 0.2) is 5.69 Å². The van der Waals surface area contributed by atoms with Crippen LogP contribution in [0.15, 0.2) is 24.3 Å². The van der Waals surface area contributed by atoms with Gasteiger partial charge in [0.1, 0.15) is 0 Å². The molecule has 0 spiro atoms. The number of likely N-dealkylation sites (tertiary alicyclic amines) is 1. The fraction of sp³-hybridized carbons (Fsp3) is 0.375. The van der Waals surface area contributed by atoms with Crippen molar-refractivity contribution in [3.8, 4) is 5.69 Å². The van der Waals surface area contributed by atoms with Crippen LogP contribution >= 0.6 is 11.6 Å². The van der Waals surface area contributed by atoms with Crippen molar-refractivity contribution in [3.05, 3.63) is 40.7 Å². The average Bonchev–Trinajstić information content (AvgIpc) is 2.96. The first-order valence-corrected chi connectivity index (χ1v) is 8.12. The summed E-state index contributed by atoms with van der Waals surface area (Å²) < 4.78 is 1.61. The zero-order valence-electron chi connectivity index (χ0n) is 13.3. The van der Waals surface area contributed by atoms with Gasteiger partial charge in [0.05, 0.1) is 11.4 Å². The highest BCUT2D eigenvalue weighted by Gasteiger charge is 2.29. The molecule has 1 aliphatic rings. The van der Waals surface area contributed by atoms with Gasteiger partial charge in [0, 0.05) is 24.0 Å². The van der Waals surface area contributed by atoms with Crippen molar-refractivity contribution in [2.45, 2.75) is 19.8 Å². The summed E-state index contributed by atoms with van der Waals surface area (Å²) in [5.41, 5.74) is 7.10. The Balaban J connectivity index is 1.77. The van der Waals surface area contributed by atoms with Crippen LogP contribution in [0.3, 0.4) is 0 Å². The molecule has 7 nitrogen and oxygen atoms in total. The van der Waals surface area contributed by atoms with Crippen LogP contribution in [0.5, 0.6) is 0 Å². The number of nitrogens with two attached hydrogens (primary N) is 1. The Kier molecular flexibility index (Phi) is 4.53. The molecule has 24 heavy (non-hydrogen) atoms. The van der Waals surface area contributed by atoms with Crippen LogP contribution in [0.2, 0.25) is 5.02 Å². The van der Waals surface area contributed by atoms with E-state index in [2.05, 4.69) is 10.3 Å². The molecule has 0 aliphatic carbocycles. The summed E-state index contributed by atoms with van der Waals surface area (Å²) in [7, 11) is 0. The van der Waals surface area contributed by atoms with Crippen molar-refractivity contribution in [2.24, 2.45) is 11.7 Å². The standard InChI is InChI=1S/C16H18ClN5O2/c1-10-14(16(24)21-8-6-11(7-9-21)15(18)23)19-20-22(10)13-4-2-12(17)3-5-13/h2-5,11H,6-9H2,1H3,(H2,18,23). The first-order chi connectivity index (χ1) is 11.5. The minimum absolute atomic E-state index is 0.153. The molecule has 1 saturated heterocycles. The number of carbonyl (C=O) groups is 2. The summed E-state index contributed by atoms with van der Waals surface area (Å²) in [6.45, 7) is 2.80. The second-order valence-electron chi connectivity index (χ2n) is 5.88. The SMILES string of the molecule is Cc1c(C(=O)N2CCC(C(N)=O)CC2)nnn1-c1ccc(Cl)cc1. The Labute approximate surface area is 144 Å². The van der Waals surface area contributed by atoms with Gasteiger partial charge in [0.2, 0.25) is 5.91 Å². The minimum atomic E-state index is -0.299. The highest BCUT2D eigenvalue weighted by atomic mass is 35.5. The van der Waals surface area contributed by atoms with Gasteiger partial charge >= 0.3 is 0 Å². The lowest BCUT2D eigenvalue weighted by Gasteiger charge is -2.30. The second-order valence-corrected chi connectivity index (χ2v) is 6.32. The first kappa shape index (κ1) is 16.4. The van der Waals surface area contributed by atoms with Gasteiger partial charge in [-0.05, 0) is 44.0 Å². The molecule has 2 heterocycles. The van der Waals surface area contributed by atoms with Crippen LogP contribution in [0.4, 0.5) is 0 Å². The van der Waals surface area contributed by atoms with Crippen LogP contribution < -0.4 is 5.73 Å². The van der Waals surface area contributed by atoms with E-state index in [0.29, 0.717) is 42.3 Å². The largest absolute Gasteiger partial charge is 0.369 e. The molecular weight excluding hydrogens is 330 g/mol. The van der Waals surface area contributed by atoms with Crippen molar-refractivity contribution >= 4 is 23.4 Å². The molecule has 8 heteroatoms. The number of benzene rings is 1. The van der Waals surface area contributed by atoms with Crippen molar-refractivity contribution in [1.82, 2.24) is 19.9 Å². The lowest BCUT2D eigenvalue weighted by atomic mass is 9.96. The maximum atomic E-state index is 12.7. The number of aromatic nitrogens is 3. The van der Waals surface area contributed by atoms with Crippen LogP contribution in [-0.2, 0) is 4.79 Å². The lowest BCUT2D eigenvalue weighted by molar-refractivity contribution is -0.123. The number of hydrogen-bond acceptors (Lipinski definition) is 4. The number of hydrogen-bond donors (Lipinski definition) is 1. The van der Waals surface area contributed by atoms with Crippen molar-refractivity contribution in [3.63, 3.8) is 0 Å². The normalized spacial score (nSPS) is 15.5. The molecule has 1 aromatic heterocycles. The van der Waals surface area contributed by atoms with Crippen molar-refractivity contribution < 1.29 is 9.59 Å². The Morgan fingerprint density at radius 3 is 2.42 bits per heavy atom. The summed E-state index contributed by atoms with van der Waals surface area (Å²) in [6, 6.07) is 7.15. The number of halogens is 1. The van der Waals surface area contributed by atoms with Crippen LogP contribution in [0.1, 0.15) is 29.0 Å². The Hall–Kier alpha value is -2.41. The molecule has 0 atom stereocenters. The molecule has 2 N–H and O–H groups in total. The summed E-state index contributed by atoms with van der Waals surface area (Å²) in [5, 5.41) is 8.75. The molecule has 0 radical (unpaired) electrons. The number of piperidine rings is 1. The quantitative estimate of drug-likeness (QED) is 0.911. The van der Waals surface area contributed by atoms with E-state index in [0.717, 1.165) is 5.69 Å². The third-order valence-corrected chi connectivity index (χ3v) is 4.60. The van der Waals surface area contributed by atoms with Crippen molar-refractivity contribution in [1.29, 1.82) is 0 Å². The van der Waals surface area contributed by atoms with Gasteiger partial charge in [-0.3, -0.25) is 9.59 Å². The molecule has 0 unspecified atom stereocenters. The molecule has 2 amide bonds. The molecule has 126 valence electrons. The predicted molar refractivity (Wildman–Crippen MR) is 88.9 cm³/mol. The van der Waals surface area contributed by atoms with E-state index >= 15 is 0 Å². The zero-order chi connectivity index (χ0) is 17.3. The van der Waals surface area contributed by atoms with E-state index in [4.69, 9.17) is 17.3 Å². The summed E-state index contributed by atoms with van der Waals surface area (Å²) >= 11 is 5.89. The Morgan fingerprint density at radius 2 is 1.83 bits per heavy atom. The zero-order valence-corrected chi connectivity index (χ0v) is 14.0. The van der Waals surface area contributed by atoms with Crippen LogP contribution in [-0.4, -0.2) is 44.8 Å². The van der Waals surface area contributed by atoms with E-state index in [1.165, 1.54) is 0 Å². The number of amides is 2. The summed E-state index contributed by atoms with van der Waals surface area (Å²) in [4.78, 5) is 25.6. The van der Waals surface area contributed by atoms with Gasteiger partial charge in [-0.1, -0.05) is 16.8 Å². The van der Waals surface area contributed by atoms with E-state index in [1.807, 2.05) is 12.1 Å². The van der Waals surface area contributed by atoms with E-state index in [1.54, 1.807) is 28.6 Å². The summed E-state index contributed by atoms with van der Waals surface area (Å²) in [6.07, 6.45) is 1.18. The highest BCUT2D eigenvalue weighted by Crippen LogP contribution is 2.20. The fourth-order valence-electron chi connectivity index (χ4n) is 2.87. The molecule has 1 aliphatic heterocycles.